The zero-order valence-electron chi connectivity index (χ0n) is 12.5. The molecule has 0 radical (unpaired) electrons. The summed E-state index contributed by atoms with van der Waals surface area (Å²) in [6, 6.07) is 7.72. The Hall–Kier alpha value is -0.830. The predicted molar refractivity (Wildman–Crippen MR) is 90.0 cm³/mol. The van der Waals surface area contributed by atoms with Crippen LogP contribution in [-0.2, 0) is 4.79 Å². The van der Waals surface area contributed by atoms with Gasteiger partial charge in [-0.1, -0.05) is 64.0 Å². The van der Waals surface area contributed by atoms with Crippen LogP contribution in [-0.4, -0.2) is 5.91 Å². The average Bonchev–Trinajstić information content (AvgIpc) is 2.44. The summed E-state index contributed by atoms with van der Waals surface area (Å²) in [7, 11) is 0. The number of amides is 1. The molecule has 0 fully saturated rings. The molecular formula is C17H26BrNO. The maximum Gasteiger partial charge on any atom is 0.224 e. The fraction of sp³-hybridized carbons (Fsp3) is 0.588. The minimum absolute atomic E-state index is 0.114. The number of anilines is 1. The highest BCUT2D eigenvalue weighted by molar-refractivity contribution is 9.10. The molecule has 0 saturated carbocycles. The van der Waals surface area contributed by atoms with Crippen molar-refractivity contribution in [3.8, 4) is 0 Å². The molecule has 1 N–H and O–H groups in total. The lowest BCUT2D eigenvalue weighted by Crippen LogP contribution is -2.11. The van der Waals surface area contributed by atoms with Crippen LogP contribution >= 0.6 is 15.9 Å². The largest absolute Gasteiger partial charge is 0.325 e. The highest BCUT2D eigenvalue weighted by atomic mass is 79.9. The van der Waals surface area contributed by atoms with Gasteiger partial charge in [0.1, 0.15) is 0 Å². The lowest BCUT2D eigenvalue weighted by atomic mass is 10.1. The van der Waals surface area contributed by atoms with E-state index in [-0.39, 0.29) is 5.91 Å². The summed E-state index contributed by atoms with van der Waals surface area (Å²) in [6.07, 6.45) is 10.7. The third-order valence-electron chi connectivity index (χ3n) is 3.41. The molecule has 20 heavy (non-hydrogen) atoms. The zero-order chi connectivity index (χ0) is 14.6. The fourth-order valence-electron chi connectivity index (χ4n) is 2.19. The molecule has 0 unspecified atom stereocenters. The molecule has 0 saturated heterocycles. The van der Waals surface area contributed by atoms with Crippen molar-refractivity contribution in [3.05, 3.63) is 28.7 Å². The van der Waals surface area contributed by atoms with Gasteiger partial charge in [0.2, 0.25) is 5.91 Å². The van der Waals surface area contributed by atoms with Crippen molar-refractivity contribution in [1.29, 1.82) is 0 Å². The first-order valence-electron chi connectivity index (χ1n) is 7.78. The second-order valence-corrected chi connectivity index (χ2v) is 6.11. The third-order valence-corrected chi connectivity index (χ3v) is 4.10. The van der Waals surface area contributed by atoms with Gasteiger partial charge < -0.3 is 5.32 Å². The number of benzene rings is 1. The topological polar surface area (TPSA) is 29.1 Å². The molecule has 1 aromatic rings. The van der Waals surface area contributed by atoms with E-state index in [0.29, 0.717) is 6.42 Å². The van der Waals surface area contributed by atoms with E-state index in [1.807, 2.05) is 24.3 Å². The van der Waals surface area contributed by atoms with E-state index in [0.717, 1.165) is 23.0 Å². The Bertz CT molecular complexity index is 392. The minimum atomic E-state index is 0.114. The number of carbonyl (C=O) groups excluding carboxylic acids is 1. The van der Waals surface area contributed by atoms with Gasteiger partial charge in [-0.3, -0.25) is 4.79 Å². The van der Waals surface area contributed by atoms with Gasteiger partial charge in [-0.25, -0.2) is 0 Å². The second kappa shape index (κ2) is 10.9. The average molecular weight is 340 g/mol. The molecule has 0 aromatic heterocycles. The van der Waals surface area contributed by atoms with E-state index in [1.165, 1.54) is 38.5 Å². The predicted octanol–water partition coefficient (Wildman–Crippen LogP) is 5.92. The second-order valence-electron chi connectivity index (χ2n) is 5.25. The maximum absolute atomic E-state index is 11.8. The van der Waals surface area contributed by atoms with Gasteiger partial charge in [0.15, 0.2) is 0 Å². The Balaban J connectivity index is 2.05. The number of para-hydroxylation sites is 1. The molecule has 0 spiro atoms. The Morgan fingerprint density at radius 2 is 1.60 bits per heavy atom. The number of nitrogens with one attached hydrogen (secondary N) is 1. The van der Waals surface area contributed by atoms with Crippen LogP contribution in [0.5, 0.6) is 0 Å². The fourth-order valence-corrected chi connectivity index (χ4v) is 2.58. The van der Waals surface area contributed by atoms with Crippen LogP contribution in [0.25, 0.3) is 0 Å². The van der Waals surface area contributed by atoms with Crippen LogP contribution in [0.15, 0.2) is 28.7 Å². The van der Waals surface area contributed by atoms with Crippen LogP contribution in [0.2, 0.25) is 0 Å². The van der Waals surface area contributed by atoms with E-state index in [1.54, 1.807) is 0 Å². The van der Waals surface area contributed by atoms with Crippen LogP contribution in [0.3, 0.4) is 0 Å². The Morgan fingerprint density at radius 3 is 2.25 bits per heavy atom. The van der Waals surface area contributed by atoms with Gasteiger partial charge in [0, 0.05) is 10.9 Å². The van der Waals surface area contributed by atoms with Gasteiger partial charge in [-0.15, -0.1) is 0 Å². The summed E-state index contributed by atoms with van der Waals surface area (Å²) < 4.78 is 0.935. The quantitative estimate of drug-likeness (QED) is 0.526. The first-order chi connectivity index (χ1) is 9.74. The van der Waals surface area contributed by atoms with Gasteiger partial charge in [-0.05, 0) is 34.5 Å². The molecule has 0 aliphatic rings. The highest BCUT2D eigenvalue weighted by Crippen LogP contribution is 2.21. The number of hydrogen-bond donors (Lipinski definition) is 1. The van der Waals surface area contributed by atoms with Crippen molar-refractivity contribution in [3.63, 3.8) is 0 Å². The molecule has 3 heteroatoms. The third kappa shape index (κ3) is 7.68. The summed E-state index contributed by atoms with van der Waals surface area (Å²) in [4.78, 5) is 11.8. The standard InChI is InChI=1S/C17H26BrNO/c1-2-3-4-5-6-7-8-9-14-17(20)19-16-13-11-10-12-15(16)18/h10-13H,2-9,14H2,1H3,(H,19,20). The molecule has 0 aliphatic carbocycles. The first kappa shape index (κ1) is 17.2. The molecule has 1 amide bonds. The lowest BCUT2D eigenvalue weighted by Gasteiger charge is -2.07. The van der Waals surface area contributed by atoms with Crippen molar-refractivity contribution < 1.29 is 4.79 Å². The number of hydrogen-bond acceptors (Lipinski definition) is 1. The first-order valence-corrected chi connectivity index (χ1v) is 8.57. The van der Waals surface area contributed by atoms with Crippen molar-refractivity contribution in [2.45, 2.75) is 64.7 Å². The lowest BCUT2D eigenvalue weighted by molar-refractivity contribution is -0.116. The molecule has 0 heterocycles. The van der Waals surface area contributed by atoms with E-state index < -0.39 is 0 Å². The Labute approximate surface area is 131 Å². The molecule has 0 bridgehead atoms. The van der Waals surface area contributed by atoms with E-state index >= 15 is 0 Å². The summed E-state index contributed by atoms with van der Waals surface area (Å²) in [6.45, 7) is 2.24. The molecular weight excluding hydrogens is 314 g/mol. The minimum Gasteiger partial charge on any atom is -0.325 e. The van der Waals surface area contributed by atoms with E-state index in [4.69, 9.17) is 0 Å². The van der Waals surface area contributed by atoms with Crippen LogP contribution in [0.4, 0.5) is 5.69 Å². The monoisotopic (exact) mass is 339 g/mol. The van der Waals surface area contributed by atoms with E-state index in [2.05, 4.69) is 28.2 Å². The summed E-state index contributed by atoms with van der Waals surface area (Å²) >= 11 is 3.43. The Morgan fingerprint density at radius 1 is 1.00 bits per heavy atom. The SMILES string of the molecule is CCCCCCCCCCC(=O)Nc1ccccc1Br. The highest BCUT2D eigenvalue weighted by Gasteiger charge is 2.04. The number of carbonyl (C=O) groups is 1. The number of halogens is 1. The normalized spacial score (nSPS) is 10.5. The van der Waals surface area contributed by atoms with Crippen molar-refractivity contribution in [2.24, 2.45) is 0 Å². The van der Waals surface area contributed by atoms with Crippen molar-refractivity contribution >= 4 is 27.5 Å². The van der Waals surface area contributed by atoms with E-state index in [9.17, 15) is 4.79 Å². The molecule has 0 atom stereocenters. The Kier molecular flexibility index (Phi) is 9.38. The van der Waals surface area contributed by atoms with Gasteiger partial charge in [0.05, 0.1) is 5.69 Å². The van der Waals surface area contributed by atoms with Crippen molar-refractivity contribution in [1.82, 2.24) is 0 Å². The summed E-state index contributed by atoms with van der Waals surface area (Å²) in [5.41, 5.74) is 0.858. The molecule has 0 aliphatic heterocycles. The smallest absolute Gasteiger partial charge is 0.224 e. The van der Waals surface area contributed by atoms with Gasteiger partial charge in [-0.2, -0.15) is 0 Å². The molecule has 2 nitrogen and oxygen atoms in total. The van der Waals surface area contributed by atoms with Crippen LogP contribution < -0.4 is 5.32 Å². The number of rotatable bonds is 10. The zero-order valence-corrected chi connectivity index (χ0v) is 14.0. The van der Waals surface area contributed by atoms with Crippen LogP contribution in [0, 0.1) is 0 Å². The maximum atomic E-state index is 11.8. The number of unbranched alkanes of at least 4 members (excludes halogenated alkanes) is 7. The van der Waals surface area contributed by atoms with Crippen molar-refractivity contribution in [2.75, 3.05) is 5.32 Å². The van der Waals surface area contributed by atoms with Gasteiger partial charge in [0.25, 0.3) is 0 Å². The van der Waals surface area contributed by atoms with Gasteiger partial charge >= 0.3 is 0 Å². The molecule has 1 aromatic carbocycles. The summed E-state index contributed by atoms with van der Waals surface area (Å²) in [5.74, 6) is 0.114. The molecule has 112 valence electrons. The van der Waals surface area contributed by atoms with Crippen LogP contribution in [0.1, 0.15) is 64.7 Å². The molecule has 1 rings (SSSR count). The summed E-state index contributed by atoms with van der Waals surface area (Å²) in [5, 5.41) is 2.94.